The number of allylic oxidation sites excluding steroid dienone is 1. The highest BCUT2D eigenvalue weighted by Crippen LogP contribution is 2.35. The predicted octanol–water partition coefficient (Wildman–Crippen LogP) is 3.13. The standard InChI is InChI=1S/C16H11NO/c18-11-7-8-14-12-4-1-2-5-13(12)15-6-3-9-17(15)16(14)10-11/h1-8,10H,9H2. The summed E-state index contributed by atoms with van der Waals surface area (Å²) in [5.74, 6) is 0. The molecular formula is C16H11NO. The van der Waals surface area contributed by atoms with Crippen molar-refractivity contribution in [3.05, 3.63) is 64.5 Å². The van der Waals surface area contributed by atoms with Gasteiger partial charge in [-0.1, -0.05) is 30.3 Å². The average Bonchev–Trinajstić information content (AvgIpc) is 2.88. The van der Waals surface area contributed by atoms with Crippen LogP contribution in [0.25, 0.3) is 28.1 Å². The largest absolute Gasteiger partial charge is 0.336 e. The predicted molar refractivity (Wildman–Crippen MR) is 73.9 cm³/mol. The molecule has 2 heterocycles. The normalized spacial score (nSPS) is 13.3. The third-order valence-electron chi connectivity index (χ3n) is 3.61. The molecule has 0 unspecified atom stereocenters. The second kappa shape index (κ2) is 3.33. The van der Waals surface area contributed by atoms with Crippen LogP contribution in [-0.4, -0.2) is 4.57 Å². The van der Waals surface area contributed by atoms with Crippen molar-refractivity contribution in [3.63, 3.8) is 0 Å². The van der Waals surface area contributed by atoms with Crippen LogP contribution in [0.5, 0.6) is 0 Å². The summed E-state index contributed by atoms with van der Waals surface area (Å²) in [4.78, 5) is 11.6. The highest BCUT2D eigenvalue weighted by molar-refractivity contribution is 6.01. The van der Waals surface area contributed by atoms with Crippen molar-refractivity contribution in [1.82, 2.24) is 4.57 Å². The molecule has 86 valence electrons. The Morgan fingerprint density at radius 2 is 1.83 bits per heavy atom. The van der Waals surface area contributed by atoms with Gasteiger partial charge in [-0.15, -0.1) is 0 Å². The molecule has 0 spiro atoms. The van der Waals surface area contributed by atoms with Crippen molar-refractivity contribution in [2.75, 3.05) is 0 Å². The van der Waals surface area contributed by atoms with Crippen molar-refractivity contribution in [3.8, 4) is 11.3 Å². The van der Waals surface area contributed by atoms with Crippen molar-refractivity contribution in [2.24, 2.45) is 0 Å². The Bertz CT molecular complexity index is 826. The number of hydrogen-bond donors (Lipinski definition) is 0. The summed E-state index contributed by atoms with van der Waals surface area (Å²) in [6.45, 7) is 0.847. The first-order valence-corrected chi connectivity index (χ1v) is 6.06. The highest BCUT2D eigenvalue weighted by atomic mass is 16.1. The molecule has 0 saturated carbocycles. The zero-order valence-electron chi connectivity index (χ0n) is 9.76. The van der Waals surface area contributed by atoms with E-state index in [9.17, 15) is 4.79 Å². The molecule has 0 amide bonds. The molecule has 0 atom stereocenters. The van der Waals surface area contributed by atoms with Gasteiger partial charge in [0.1, 0.15) is 0 Å². The summed E-state index contributed by atoms with van der Waals surface area (Å²) in [7, 11) is 0. The van der Waals surface area contributed by atoms with Crippen LogP contribution in [0.2, 0.25) is 0 Å². The Morgan fingerprint density at radius 1 is 1.00 bits per heavy atom. The number of nitrogens with zero attached hydrogens (tertiary/aromatic N) is 1. The molecule has 0 aromatic heterocycles. The lowest BCUT2D eigenvalue weighted by Crippen LogP contribution is -2.08. The van der Waals surface area contributed by atoms with Gasteiger partial charge < -0.3 is 4.57 Å². The minimum atomic E-state index is 0.0689. The van der Waals surface area contributed by atoms with Gasteiger partial charge in [0.25, 0.3) is 0 Å². The summed E-state index contributed by atoms with van der Waals surface area (Å²) >= 11 is 0. The van der Waals surface area contributed by atoms with E-state index in [0.717, 1.165) is 17.8 Å². The molecule has 2 heteroatoms. The maximum atomic E-state index is 11.6. The topological polar surface area (TPSA) is 22.0 Å². The number of benzene rings is 2. The minimum absolute atomic E-state index is 0.0689. The Labute approximate surface area is 104 Å². The molecule has 1 aromatic rings. The maximum absolute atomic E-state index is 11.6. The third kappa shape index (κ3) is 1.15. The second-order valence-electron chi connectivity index (χ2n) is 4.62. The van der Waals surface area contributed by atoms with Gasteiger partial charge in [0.2, 0.25) is 0 Å². The molecule has 2 nitrogen and oxygen atoms in total. The fourth-order valence-corrected chi connectivity index (χ4v) is 2.83. The van der Waals surface area contributed by atoms with Gasteiger partial charge in [0, 0.05) is 29.3 Å². The first-order valence-electron chi connectivity index (χ1n) is 6.06. The molecule has 0 fully saturated rings. The fourth-order valence-electron chi connectivity index (χ4n) is 2.83. The minimum Gasteiger partial charge on any atom is -0.336 e. The molecule has 0 bridgehead atoms. The second-order valence-corrected chi connectivity index (χ2v) is 4.62. The zero-order chi connectivity index (χ0) is 12.1. The van der Waals surface area contributed by atoms with Crippen molar-refractivity contribution < 1.29 is 0 Å². The van der Waals surface area contributed by atoms with Crippen LogP contribution < -0.4 is 5.43 Å². The van der Waals surface area contributed by atoms with E-state index in [1.54, 1.807) is 12.1 Å². The van der Waals surface area contributed by atoms with Crippen molar-refractivity contribution in [2.45, 2.75) is 6.54 Å². The lowest BCUT2D eigenvalue weighted by molar-refractivity contribution is 0.845. The number of rotatable bonds is 0. The lowest BCUT2D eigenvalue weighted by atomic mass is 9.99. The molecule has 0 radical (unpaired) electrons. The van der Waals surface area contributed by atoms with E-state index in [1.165, 1.54) is 16.5 Å². The summed E-state index contributed by atoms with van der Waals surface area (Å²) in [5.41, 5.74) is 3.45. The summed E-state index contributed by atoms with van der Waals surface area (Å²) in [6.07, 6.45) is 4.28. The van der Waals surface area contributed by atoms with E-state index in [2.05, 4.69) is 34.9 Å². The first kappa shape index (κ1) is 9.66. The molecule has 1 aliphatic carbocycles. The van der Waals surface area contributed by atoms with Gasteiger partial charge in [-0.2, -0.15) is 0 Å². The fraction of sp³-hybridized carbons (Fsp3) is 0.0625. The van der Waals surface area contributed by atoms with Crippen LogP contribution in [0, 0.1) is 0 Å². The van der Waals surface area contributed by atoms with Crippen LogP contribution in [0.15, 0.2) is 53.3 Å². The third-order valence-corrected chi connectivity index (χ3v) is 3.61. The molecule has 3 aliphatic rings. The van der Waals surface area contributed by atoms with E-state index in [1.807, 2.05) is 12.1 Å². The number of aromatic nitrogens is 1. The molecule has 0 saturated heterocycles. The van der Waals surface area contributed by atoms with Gasteiger partial charge in [0.15, 0.2) is 5.43 Å². The Kier molecular flexibility index (Phi) is 1.78. The van der Waals surface area contributed by atoms with Crippen LogP contribution in [0.1, 0.15) is 5.69 Å². The molecule has 1 aromatic carbocycles. The molecular weight excluding hydrogens is 222 g/mol. The molecule has 18 heavy (non-hydrogen) atoms. The lowest BCUT2D eigenvalue weighted by Gasteiger charge is -2.18. The maximum Gasteiger partial charge on any atom is 0.180 e. The van der Waals surface area contributed by atoms with Crippen LogP contribution in [0.4, 0.5) is 0 Å². The number of fused-ring (bicyclic) bond motifs is 6. The molecule has 2 aliphatic heterocycles. The average molecular weight is 233 g/mol. The van der Waals surface area contributed by atoms with Crippen LogP contribution in [-0.2, 0) is 6.54 Å². The van der Waals surface area contributed by atoms with Crippen molar-refractivity contribution in [1.29, 1.82) is 0 Å². The summed E-state index contributed by atoms with van der Waals surface area (Å²) in [6, 6.07) is 13.7. The quantitative estimate of drug-likeness (QED) is 0.547. The van der Waals surface area contributed by atoms with Gasteiger partial charge in [-0.3, -0.25) is 4.79 Å². The van der Waals surface area contributed by atoms with E-state index in [4.69, 9.17) is 0 Å². The smallest absolute Gasteiger partial charge is 0.180 e. The van der Waals surface area contributed by atoms with E-state index in [-0.39, 0.29) is 5.43 Å². The van der Waals surface area contributed by atoms with E-state index in [0.29, 0.717) is 0 Å². The zero-order valence-corrected chi connectivity index (χ0v) is 9.76. The van der Waals surface area contributed by atoms with Gasteiger partial charge in [-0.05, 0) is 23.6 Å². The SMILES string of the molecule is O=c1ccc2c3ccccc3c3n(c-2c1)CC=C3. The summed E-state index contributed by atoms with van der Waals surface area (Å²) in [5, 5.41) is 2.46. The van der Waals surface area contributed by atoms with Crippen LogP contribution >= 0.6 is 0 Å². The molecule has 4 rings (SSSR count). The van der Waals surface area contributed by atoms with E-state index < -0.39 is 0 Å². The molecule has 0 N–H and O–H groups in total. The highest BCUT2D eigenvalue weighted by Gasteiger charge is 2.17. The Balaban J connectivity index is 2.33. The van der Waals surface area contributed by atoms with E-state index >= 15 is 0 Å². The number of pyridine rings is 1. The van der Waals surface area contributed by atoms with Gasteiger partial charge in [0.05, 0.1) is 5.69 Å². The van der Waals surface area contributed by atoms with Gasteiger partial charge >= 0.3 is 0 Å². The monoisotopic (exact) mass is 233 g/mol. The Morgan fingerprint density at radius 3 is 2.72 bits per heavy atom. The Hall–Kier alpha value is -2.35. The van der Waals surface area contributed by atoms with Crippen molar-refractivity contribution >= 4 is 16.8 Å². The first-order chi connectivity index (χ1) is 8.84. The van der Waals surface area contributed by atoms with Crippen LogP contribution in [0.3, 0.4) is 0 Å². The van der Waals surface area contributed by atoms with Gasteiger partial charge in [-0.25, -0.2) is 0 Å². The summed E-state index contributed by atoms with van der Waals surface area (Å²) < 4.78 is 2.21. The number of hydrogen-bond acceptors (Lipinski definition) is 1.